The zero-order chi connectivity index (χ0) is 21.5. The summed E-state index contributed by atoms with van der Waals surface area (Å²) in [5, 5.41) is 17.0. The number of hydrogen-bond acceptors (Lipinski definition) is 8. The van der Waals surface area contributed by atoms with Gasteiger partial charge in [-0.15, -0.1) is 0 Å². The minimum Gasteiger partial charge on any atom is -0.481 e. The van der Waals surface area contributed by atoms with Crippen molar-refractivity contribution in [2.24, 2.45) is 0 Å². The first-order valence-corrected chi connectivity index (χ1v) is 10.4. The molecule has 9 nitrogen and oxygen atoms in total. The molecule has 0 bridgehead atoms. The first-order valence-electron chi connectivity index (χ1n) is 10.4. The lowest BCUT2D eigenvalue weighted by molar-refractivity contribution is 0.183. The standard InChI is InChI=1S/C21H25FN6O3/c1-12(29)9-23-21-18(31-21)15-11-25-28-7-5-17(26-19(15)28)27-6-3-4-16(27)14-8-13(22)10-24-20(14)30-2/h5,7-8,10-12,16,18,21,23,29H,3-4,6,9H2,1-2H3/t12-,16+,18?,21?/m0/s1. The van der Waals surface area contributed by atoms with E-state index in [0.717, 1.165) is 42.0 Å². The number of fused-ring (bicyclic) bond motifs is 1. The van der Waals surface area contributed by atoms with Crippen LogP contribution in [0.5, 0.6) is 5.88 Å². The van der Waals surface area contributed by atoms with Crippen molar-refractivity contribution in [2.45, 2.75) is 44.2 Å². The molecule has 0 amide bonds. The van der Waals surface area contributed by atoms with Crippen LogP contribution in [0.15, 0.2) is 30.7 Å². The Bertz CT molecular complexity index is 1090. The fourth-order valence-electron chi connectivity index (χ4n) is 4.24. The molecule has 0 saturated carbocycles. The van der Waals surface area contributed by atoms with Gasteiger partial charge in [0, 0.05) is 30.4 Å². The maximum absolute atomic E-state index is 13.9. The Kier molecular flexibility index (Phi) is 5.20. The van der Waals surface area contributed by atoms with E-state index in [9.17, 15) is 9.50 Å². The number of hydrogen-bond donors (Lipinski definition) is 2. The number of aliphatic hydroxyl groups excluding tert-OH is 1. The Morgan fingerprint density at radius 2 is 2.26 bits per heavy atom. The summed E-state index contributed by atoms with van der Waals surface area (Å²) < 4.78 is 26.8. The molecule has 2 unspecified atom stereocenters. The number of aliphatic hydroxyl groups is 1. The highest BCUT2D eigenvalue weighted by Gasteiger charge is 2.42. The molecule has 2 aliphatic heterocycles. The van der Waals surface area contributed by atoms with E-state index in [4.69, 9.17) is 14.5 Å². The predicted molar refractivity (Wildman–Crippen MR) is 110 cm³/mol. The van der Waals surface area contributed by atoms with Gasteiger partial charge in [0.1, 0.15) is 24.0 Å². The predicted octanol–water partition coefficient (Wildman–Crippen LogP) is 1.98. The van der Waals surface area contributed by atoms with E-state index in [-0.39, 0.29) is 24.2 Å². The number of nitrogens with one attached hydrogen (secondary N) is 1. The second kappa shape index (κ2) is 8.03. The van der Waals surface area contributed by atoms with Gasteiger partial charge in [-0.05, 0) is 31.9 Å². The molecule has 2 fully saturated rings. The van der Waals surface area contributed by atoms with Crippen LogP contribution >= 0.6 is 0 Å². The van der Waals surface area contributed by atoms with Crippen molar-refractivity contribution in [3.05, 3.63) is 47.7 Å². The molecule has 2 aliphatic rings. The lowest BCUT2D eigenvalue weighted by Crippen LogP contribution is -2.27. The minimum atomic E-state index is -0.445. The normalized spacial score (nSPS) is 24.0. The number of pyridine rings is 1. The highest BCUT2D eigenvalue weighted by molar-refractivity contribution is 5.56. The van der Waals surface area contributed by atoms with Crippen LogP contribution < -0.4 is 15.0 Å². The van der Waals surface area contributed by atoms with Gasteiger partial charge >= 0.3 is 0 Å². The quantitative estimate of drug-likeness (QED) is 0.551. The summed E-state index contributed by atoms with van der Waals surface area (Å²) in [7, 11) is 1.55. The summed E-state index contributed by atoms with van der Waals surface area (Å²) in [6.45, 7) is 2.98. The molecule has 0 radical (unpaired) electrons. The van der Waals surface area contributed by atoms with Gasteiger partial charge in [0.25, 0.3) is 0 Å². The van der Waals surface area contributed by atoms with Crippen LogP contribution in [0.1, 0.15) is 43.0 Å². The van der Waals surface area contributed by atoms with Gasteiger partial charge in [-0.25, -0.2) is 18.9 Å². The second-order valence-corrected chi connectivity index (χ2v) is 7.99. The summed E-state index contributed by atoms with van der Waals surface area (Å²) in [5.41, 5.74) is 2.34. The third-order valence-corrected chi connectivity index (χ3v) is 5.74. The average Bonchev–Trinajstić information content (AvgIpc) is 3.17. The van der Waals surface area contributed by atoms with Gasteiger partial charge < -0.3 is 19.5 Å². The van der Waals surface area contributed by atoms with E-state index in [1.165, 1.54) is 12.3 Å². The Hall–Kier alpha value is -2.82. The van der Waals surface area contributed by atoms with E-state index in [0.29, 0.717) is 12.4 Å². The van der Waals surface area contributed by atoms with Crippen LogP contribution in [0.25, 0.3) is 5.65 Å². The molecule has 31 heavy (non-hydrogen) atoms. The molecule has 0 spiro atoms. The van der Waals surface area contributed by atoms with Crippen LogP contribution in [0, 0.1) is 5.82 Å². The SMILES string of the molecule is COc1ncc(F)cc1[C@H]1CCCN1c1ccn2ncc(C3OC3NC[C@H](C)O)c2n1. The van der Waals surface area contributed by atoms with Gasteiger partial charge in [-0.1, -0.05) is 0 Å². The number of halogens is 1. The smallest absolute Gasteiger partial charge is 0.218 e. The largest absolute Gasteiger partial charge is 0.481 e. The maximum atomic E-state index is 13.9. The van der Waals surface area contributed by atoms with Crippen LogP contribution in [-0.2, 0) is 4.74 Å². The topological polar surface area (TPSA) is 100 Å². The minimum absolute atomic E-state index is 0.0721. The summed E-state index contributed by atoms with van der Waals surface area (Å²) in [5.74, 6) is 0.839. The fraction of sp³-hybridized carbons (Fsp3) is 0.476. The first-order chi connectivity index (χ1) is 15.0. The molecule has 2 saturated heterocycles. The second-order valence-electron chi connectivity index (χ2n) is 7.99. The highest BCUT2D eigenvalue weighted by Crippen LogP contribution is 2.41. The lowest BCUT2D eigenvalue weighted by atomic mass is 10.1. The summed E-state index contributed by atoms with van der Waals surface area (Å²) in [6.07, 6.45) is 5.87. The molecule has 164 valence electrons. The van der Waals surface area contributed by atoms with E-state index in [2.05, 4.69) is 20.3 Å². The monoisotopic (exact) mass is 428 g/mol. The molecule has 0 aliphatic carbocycles. The number of ether oxygens (including phenoxy) is 2. The molecule has 3 aromatic rings. The molecule has 4 atom stereocenters. The van der Waals surface area contributed by atoms with Crippen molar-refractivity contribution < 1.29 is 19.0 Å². The number of methoxy groups -OCH3 is 1. The lowest BCUT2D eigenvalue weighted by Gasteiger charge is -2.27. The van der Waals surface area contributed by atoms with Gasteiger partial charge in [0.05, 0.1) is 31.6 Å². The summed E-state index contributed by atoms with van der Waals surface area (Å²) in [4.78, 5) is 11.1. The zero-order valence-electron chi connectivity index (χ0n) is 17.4. The summed E-state index contributed by atoms with van der Waals surface area (Å²) >= 11 is 0. The van der Waals surface area contributed by atoms with Crippen LogP contribution in [-0.4, -0.2) is 57.2 Å². The molecule has 2 N–H and O–H groups in total. The van der Waals surface area contributed by atoms with Crippen molar-refractivity contribution in [1.29, 1.82) is 0 Å². The molecule has 5 rings (SSSR count). The zero-order valence-corrected chi connectivity index (χ0v) is 17.4. The number of rotatable bonds is 7. The third-order valence-electron chi connectivity index (χ3n) is 5.74. The summed E-state index contributed by atoms with van der Waals surface area (Å²) in [6, 6.07) is 3.34. The van der Waals surface area contributed by atoms with Gasteiger partial charge in [-0.2, -0.15) is 5.10 Å². The number of aromatic nitrogens is 4. The molecule has 10 heteroatoms. The van der Waals surface area contributed by atoms with Crippen molar-refractivity contribution >= 4 is 11.5 Å². The number of anilines is 1. The molecule has 0 aromatic carbocycles. The van der Waals surface area contributed by atoms with E-state index in [1.807, 2.05) is 12.3 Å². The fourth-order valence-corrected chi connectivity index (χ4v) is 4.24. The Morgan fingerprint density at radius 3 is 3.06 bits per heavy atom. The molecule has 3 aromatic heterocycles. The van der Waals surface area contributed by atoms with Crippen LogP contribution in [0.2, 0.25) is 0 Å². The molecule has 5 heterocycles. The number of nitrogens with zero attached hydrogens (tertiary/aromatic N) is 5. The average molecular weight is 428 g/mol. The van der Waals surface area contributed by atoms with E-state index >= 15 is 0 Å². The Balaban J connectivity index is 1.43. The van der Waals surface area contributed by atoms with Crippen molar-refractivity contribution in [3.63, 3.8) is 0 Å². The Morgan fingerprint density at radius 1 is 1.39 bits per heavy atom. The van der Waals surface area contributed by atoms with Gasteiger partial charge in [0.15, 0.2) is 5.65 Å². The first kappa shape index (κ1) is 20.1. The van der Waals surface area contributed by atoms with Crippen molar-refractivity contribution in [3.8, 4) is 5.88 Å². The van der Waals surface area contributed by atoms with Crippen molar-refractivity contribution in [2.75, 3.05) is 25.1 Å². The third kappa shape index (κ3) is 3.82. The molecular formula is C21H25FN6O3. The van der Waals surface area contributed by atoms with E-state index in [1.54, 1.807) is 24.7 Å². The van der Waals surface area contributed by atoms with Crippen molar-refractivity contribution in [1.82, 2.24) is 24.9 Å². The van der Waals surface area contributed by atoms with Crippen LogP contribution in [0.3, 0.4) is 0 Å². The van der Waals surface area contributed by atoms with E-state index < -0.39 is 6.10 Å². The maximum Gasteiger partial charge on any atom is 0.218 e. The van der Waals surface area contributed by atoms with Crippen LogP contribution in [0.4, 0.5) is 10.2 Å². The Labute approximate surface area is 178 Å². The number of epoxide rings is 1. The molecular weight excluding hydrogens is 403 g/mol. The van der Waals surface area contributed by atoms with Gasteiger partial charge in [-0.3, -0.25) is 5.32 Å². The van der Waals surface area contributed by atoms with Gasteiger partial charge in [0.2, 0.25) is 5.88 Å². The highest BCUT2D eigenvalue weighted by atomic mass is 19.1.